The Labute approximate surface area is 156 Å². The van der Waals surface area contributed by atoms with Gasteiger partial charge in [0.05, 0.1) is 18.7 Å². The predicted octanol–water partition coefficient (Wildman–Crippen LogP) is 4.04. The first-order valence-corrected chi connectivity index (χ1v) is 8.22. The Balaban J connectivity index is 1.85. The first kappa shape index (κ1) is 20.3. The number of hydrogen-bond donors (Lipinski definition) is 1. The van der Waals surface area contributed by atoms with Crippen LogP contribution >= 0.6 is 0 Å². The van der Waals surface area contributed by atoms with Crippen LogP contribution in [-0.4, -0.2) is 34.8 Å². The van der Waals surface area contributed by atoms with Gasteiger partial charge in [0.2, 0.25) is 0 Å². The maximum Gasteiger partial charge on any atom is 0.407 e. The van der Waals surface area contributed by atoms with E-state index in [4.69, 9.17) is 9.47 Å². The van der Waals surface area contributed by atoms with E-state index in [0.29, 0.717) is 23.5 Å². The van der Waals surface area contributed by atoms with Crippen LogP contribution in [0.4, 0.5) is 13.6 Å². The fraction of sp³-hybridized carbons (Fsp3) is 0.316. The number of nitrogens with zero attached hydrogens (tertiary/aromatic N) is 2. The molecule has 0 atom stereocenters. The molecule has 0 radical (unpaired) electrons. The zero-order valence-electron chi connectivity index (χ0n) is 15.3. The molecule has 0 spiro atoms. The van der Waals surface area contributed by atoms with Gasteiger partial charge in [-0.25, -0.2) is 23.5 Å². The molecule has 1 N–H and O–H groups in total. The summed E-state index contributed by atoms with van der Waals surface area (Å²) in [5.41, 5.74) is 0.237. The molecule has 0 saturated heterocycles. The zero-order valence-corrected chi connectivity index (χ0v) is 15.3. The average molecular weight is 377 g/mol. The molecule has 1 aromatic carbocycles. The maximum absolute atomic E-state index is 13.0. The normalized spacial score (nSPS) is 11.8. The van der Waals surface area contributed by atoms with Crippen molar-refractivity contribution < 1.29 is 23.0 Å². The third kappa shape index (κ3) is 7.01. The highest BCUT2D eigenvalue weighted by atomic mass is 19.1. The molecule has 0 aliphatic carbocycles. The molecule has 0 aliphatic heterocycles. The molecule has 0 aliphatic rings. The molecule has 144 valence electrons. The summed E-state index contributed by atoms with van der Waals surface area (Å²) in [4.78, 5) is 19.9. The predicted molar refractivity (Wildman–Crippen MR) is 96.3 cm³/mol. The van der Waals surface area contributed by atoms with Gasteiger partial charge in [-0.1, -0.05) is 0 Å². The maximum atomic E-state index is 13.0. The van der Waals surface area contributed by atoms with E-state index in [1.54, 1.807) is 32.9 Å². The van der Waals surface area contributed by atoms with E-state index in [1.807, 2.05) is 0 Å². The monoisotopic (exact) mass is 377 g/mol. The minimum absolute atomic E-state index is 0.0556. The van der Waals surface area contributed by atoms with Crippen LogP contribution in [0.15, 0.2) is 48.6 Å². The molecule has 6 nitrogen and oxygen atoms in total. The van der Waals surface area contributed by atoms with Crippen molar-refractivity contribution in [2.24, 2.45) is 0 Å². The SMILES string of the molecule is CC(C)(C)OC(=O)NCC(=CF)COc1cnc(-c2ccc(F)cc2)nc1. The Morgan fingerprint density at radius 1 is 1.19 bits per heavy atom. The van der Waals surface area contributed by atoms with Gasteiger partial charge in [0.25, 0.3) is 0 Å². The highest BCUT2D eigenvalue weighted by Gasteiger charge is 2.16. The number of rotatable bonds is 6. The van der Waals surface area contributed by atoms with Crippen molar-refractivity contribution in [3.05, 3.63) is 54.4 Å². The molecule has 0 fully saturated rings. The van der Waals surface area contributed by atoms with Gasteiger partial charge in [-0.2, -0.15) is 0 Å². The number of amides is 1. The van der Waals surface area contributed by atoms with Gasteiger partial charge < -0.3 is 14.8 Å². The summed E-state index contributed by atoms with van der Waals surface area (Å²) in [6, 6.07) is 5.77. The third-order valence-electron chi connectivity index (χ3n) is 3.17. The van der Waals surface area contributed by atoms with Crippen LogP contribution in [0.1, 0.15) is 20.8 Å². The number of hydrogen-bond acceptors (Lipinski definition) is 5. The molecule has 0 unspecified atom stereocenters. The lowest BCUT2D eigenvalue weighted by molar-refractivity contribution is 0.0531. The highest BCUT2D eigenvalue weighted by molar-refractivity contribution is 5.68. The van der Waals surface area contributed by atoms with E-state index in [9.17, 15) is 13.6 Å². The molecular formula is C19H21F2N3O3. The Morgan fingerprint density at radius 2 is 1.81 bits per heavy atom. The number of nitrogens with one attached hydrogen (secondary N) is 1. The Morgan fingerprint density at radius 3 is 2.37 bits per heavy atom. The fourth-order valence-corrected chi connectivity index (χ4v) is 1.94. The number of ether oxygens (including phenoxy) is 2. The zero-order chi connectivity index (χ0) is 19.9. The largest absolute Gasteiger partial charge is 0.486 e. The molecule has 0 bridgehead atoms. The van der Waals surface area contributed by atoms with Crippen LogP contribution in [0.25, 0.3) is 11.4 Å². The van der Waals surface area contributed by atoms with Crippen molar-refractivity contribution in [1.82, 2.24) is 15.3 Å². The lowest BCUT2D eigenvalue weighted by Gasteiger charge is -2.20. The quantitative estimate of drug-likeness (QED) is 0.822. The molecule has 1 aromatic heterocycles. The Bertz CT molecular complexity index is 785. The van der Waals surface area contributed by atoms with Crippen molar-refractivity contribution in [2.75, 3.05) is 13.2 Å². The number of alkyl carbamates (subject to hydrolysis) is 1. The Kier molecular flexibility index (Phi) is 6.81. The molecule has 2 aromatic rings. The van der Waals surface area contributed by atoms with Crippen LogP contribution in [0.2, 0.25) is 0 Å². The highest BCUT2D eigenvalue weighted by Crippen LogP contribution is 2.17. The number of benzene rings is 1. The number of carbonyl (C=O) groups is 1. The number of halogens is 2. The summed E-state index contributed by atoms with van der Waals surface area (Å²) < 4.78 is 36.4. The first-order valence-electron chi connectivity index (χ1n) is 8.22. The van der Waals surface area contributed by atoms with E-state index in [0.717, 1.165) is 0 Å². The van der Waals surface area contributed by atoms with Crippen LogP contribution < -0.4 is 10.1 Å². The van der Waals surface area contributed by atoms with Gasteiger partial charge in [-0.15, -0.1) is 0 Å². The average Bonchev–Trinajstić information content (AvgIpc) is 2.61. The van der Waals surface area contributed by atoms with Crippen LogP contribution in [0, 0.1) is 5.82 Å². The van der Waals surface area contributed by atoms with Crippen LogP contribution in [0.5, 0.6) is 5.75 Å². The molecule has 27 heavy (non-hydrogen) atoms. The summed E-state index contributed by atoms with van der Waals surface area (Å²) in [6.45, 7) is 5.05. The topological polar surface area (TPSA) is 73.3 Å². The third-order valence-corrected chi connectivity index (χ3v) is 3.17. The second kappa shape index (κ2) is 9.07. The molecular weight excluding hydrogens is 356 g/mol. The second-order valence-corrected chi connectivity index (χ2v) is 6.66. The summed E-state index contributed by atoms with van der Waals surface area (Å²) in [5, 5.41) is 2.45. The smallest absolute Gasteiger partial charge is 0.407 e. The van der Waals surface area contributed by atoms with Crippen LogP contribution in [0.3, 0.4) is 0 Å². The van der Waals surface area contributed by atoms with Crippen molar-refractivity contribution in [3.63, 3.8) is 0 Å². The fourth-order valence-electron chi connectivity index (χ4n) is 1.94. The summed E-state index contributed by atoms with van der Waals surface area (Å²) >= 11 is 0. The molecule has 1 heterocycles. The summed E-state index contributed by atoms with van der Waals surface area (Å²) in [7, 11) is 0. The minimum atomic E-state index is -0.645. The number of aromatic nitrogens is 2. The molecule has 0 saturated carbocycles. The second-order valence-electron chi connectivity index (χ2n) is 6.66. The summed E-state index contributed by atoms with van der Waals surface area (Å²) in [6.07, 6.45) is 2.59. The van der Waals surface area contributed by atoms with Crippen molar-refractivity contribution in [1.29, 1.82) is 0 Å². The van der Waals surface area contributed by atoms with Crippen molar-refractivity contribution in [2.45, 2.75) is 26.4 Å². The van der Waals surface area contributed by atoms with E-state index >= 15 is 0 Å². The van der Waals surface area contributed by atoms with Gasteiger partial charge in [-0.3, -0.25) is 0 Å². The van der Waals surface area contributed by atoms with E-state index < -0.39 is 11.7 Å². The molecule has 2 rings (SSSR count). The minimum Gasteiger partial charge on any atom is -0.486 e. The van der Waals surface area contributed by atoms with Gasteiger partial charge in [0.15, 0.2) is 11.6 Å². The van der Waals surface area contributed by atoms with Crippen LogP contribution in [-0.2, 0) is 4.74 Å². The van der Waals surface area contributed by atoms with Gasteiger partial charge in [0, 0.05) is 17.7 Å². The van der Waals surface area contributed by atoms with E-state index in [1.165, 1.54) is 24.5 Å². The van der Waals surface area contributed by atoms with Gasteiger partial charge in [-0.05, 0) is 45.0 Å². The Hall–Kier alpha value is -3.03. The lowest BCUT2D eigenvalue weighted by atomic mass is 10.2. The standard InChI is InChI=1S/C19H21F2N3O3/c1-19(2,3)27-18(25)24-9-13(8-20)12-26-16-10-22-17(23-11-16)14-4-6-15(21)7-5-14/h4-8,10-11H,9,12H2,1-3H3,(H,24,25). The number of carbonyl (C=O) groups excluding carboxylic acids is 1. The van der Waals surface area contributed by atoms with Gasteiger partial charge in [0.1, 0.15) is 18.0 Å². The lowest BCUT2D eigenvalue weighted by Crippen LogP contribution is -2.34. The summed E-state index contributed by atoms with van der Waals surface area (Å²) in [5.74, 6) is 0.400. The van der Waals surface area contributed by atoms with Crippen molar-refractivity contribution in [3.8, 4) is 17.1 Å². The molecule has 1 amide bonds. The van der Waals surface area contributed by atoms with Gasteiger partial charge >= 0.3 is 6.09 Å². The first-order chi connectivity index (χ1) is 12.8. The van der Waals surface area contributed by atoms with E-state index in [-0.39, 0.29) is 24.5 Å². The van der Waals surface area contributed by atoms with Crippen molar-refractivity contribution >= 4 is 6.09 Å². The molecule has 8 heteroatoms. The van der Waals surface area contributed by atoms with E-state index in [2.05, 4.69) is 15.3 Å².